The maximum atomic E-state index is 14.3. The third kappa shape index (κ3) is 3.06. The summed E-state index contributed by atoms with van der Waals surface area (Å²) in [6, 6.07) is 10.8. The minimum Gasteiger partial charge on any atom is -0.307 e. The smallest absolute Gasteiger partial charge is 0.258 e. The average molecular weight is 326 g/mol. The van der Waals surface area contributed by atoms with Crippen LogP contribution in [0.3, 0.4) is 0 Å². The molecule has 0 atom stereocenters. The minimum atomic E-state index is -0.953. The van der Waals surface area contributed by atoms with E-state index >= 15 is 0 Å². The van der Waals surface area contributed by atoms with Gasteiger partial charge in [-0.05, 0) is 35.9 Å². The fourth-order valence-corrected chi connectivity index (χ4v) is 2.29. The number of benzene rings is 2. The Bertz CT molecular complexity index is 704. The van der Waals surface area contributed by atoms with Gasteiger partial charge in [-0.3, -0.25) is 9.59 Å². The summed E-state index contributed by atoms with van der Waals surface area (Å²) in [4.78, 5) is 24.5. The summed E-state index contributed by atoms with van der Waals surface area (Å²) in [6.45, 7) is 0. The number of nitrogens with zero attached hydrogens (tertiary/aromatic N) is 1. The molecule has 0 saturated carbocycles. The van der Waals surface area contributed by atoms with Gasteiger partial charge in [-0.1, -0.05) is 29.8 Å². The molecule has 0 aromatic heterocycles. The van der Waals surface area contributed by atoms with Crippen LogP contribution in [0.4, 0.5) is 10.1 Å². The molecule has 2 rings (SSSR count). The van der Waals surface area contributed by atoms with Crippen LogP contribution in [0.5, 0.6) is 0 Å². The Morgan fingerprint density at radius 2 is 1.71 bits per heavy atom. The van der Waals surface area contributed by atoms with Gasteiger partial charge in [0.1, 0.15) is 0 Å². The van der Waals surface area contributed by atoms with Gasteiger partial charge in [-0.15, -0.1) is 0 Å². The van der Waals surface area contributed by atoms with Crippen molar-refractivity contribution in [1.29, 1.82) is 0 Å². The number of carbonyl (C=O) groups is 2. The van der Waals surface area contributed by atoms with Crippen molar-refractivity contribution in [3.05, 3.63) is 64.4 Å². The van der Waals surface area contributed by atoms with Crippen LogP contribution in [-0.2, 0) is 0 Å². The van der Waals surface area contributed by atoms with Crippen LogP contribution in [0.15, 0.2) is 42.5 Å². The normalized spacial score (nSPS) is 10.3. The Balaban J connectivity index is 2.49. The largest absolute Gasteiger partial charge is 0.307 e. The highest BCUT2D eigenvalue weighted by molar-refractivity contribution is 6.67. The van der Waals surface area contributed by atoms with Crippen molar-refractivity contribution >= 4 is 40.0 Å². The molecule has 0 aliphatic heterocycles. The number of hydrogen-bond acceptors (Lipinski definition) is 2. The van der Waals surface area contributed by atoms with Crippen molar-refractivity contribution in [2.24, 2.45) is 0 Å². The number of amides is 1. The summed E-state index contributed by atoms with van der Waals surface area (Å²) in [6.07, 6.45) is 0. The molecule has 0 radical (unpaired) electrons. The summed E-state index contributed by atoms with van der Waals surface area (Å²) >= 11 is 11.3. The maximum Gasteiger partial charge on any atom is 0.258 e. The van der Waals surface area contributed by atoms with E-state index in [1.54, 1.807) is 30.3 Å². The summed E-state index contributed by atoms with van der Waals surface area (Å²) in [5.41, 5.74) is -0.140. The first-order valence-electron chi connectivity index (χ1n) is 5.94. The van der Waals surface area contributed by atoms with Crippen molar-refractivity contribution in [1.82, 2.24) is 0 Å². The van der Waals surface area contributed by atoms with E-state index in [0.717, 1.165) is 4.90 Å². The van der Waals surface area contributed by atoms with Crippen LogP contribution < -0.4 is 4.90 Å². The minimum absolute atomic E-state index is 0.0148. The van der Waals surface area contributed by atoms with Gasteiger partial charge >= 0.3 is 0 Å². The van der Waals surface area contributed by atoms with E-state index in [0.29, 0.717) is 5.56 Å². The zero-order valence-corrected chi connectivity index (χ0v) is 12.5. The fourth-order valence-electron chi connectivity index (χ4n) is 1.88. The monoisotopic (exact) mass is 325 g/mol. The molecule has 108 valence electrons. The lowest BCUT2D eigenvalue weighted by Gasteiger charge is -2.20. The standard InChI is InChI=1S/C15H10Cl2FNO2/c1-19(15(21)9-5-3-2-4-6-9)13-11(16)8-7-10(12(13)18)14(17)20/h2-8H,1H3. The highest BCUT2D eigenvalue weighted by Gasteiger charge is 2.23. The van der Waals surface area contributed by atoms with Crippen LogP contribution in [0.25, 0.3) is 0 Å². The number of anilines is 1. The van der Waals surface area contributed by atoms with Crippen molar-refractivity contribution in [3.63, 3.8) is 0 Å². The zero-order valence-electron chi connectivity index (χ0n) is 10.9. The highest BCUT2D eigenvalue weighted by Crippen LogP contribution is 2.32. The highest BCUT2D eigenvalue weighted by atomic mass is 35.5. The molecule has 0 spiro atoms. The number of carbonyl (C=O) groups excluding carboxylic acids is 2. The molecule has 0 bridgehead atoms. The third-order valence-corrected chi connectivity index (χ3v) is 3.45. The lowest BCUT2D eigenvalue weighted by Crippen LogP contribution is -2.27. The van der Waals surface area contributed by atoms with E-state index in [9.17, 15) is 14.0 Å². The Kier molecular flexibility index (Phi) is 4.60. The van der Waals surface area contributed by atoms with Crippen LogP contribution >= 0.6 is 23.2 Å². The predicted molar refractivity (Wildman–Crippen MR) is 80.8 cm³/mol. The first kappa shape index (κ1) is 15.5. The van der Waals surface area contributed by atoms with E-state index in [1.807, 2.05) is 0 Å². The summed E-state index contributed by atoms with van der Waals surface area (Å²) in [5.74, 6) is -1.37. The van der Waals surface area contributed by atoms with Crippen molar-refractivity contribution in [2.45, 2.75) is 0 Å². The lowest BCUT2D eigenvalue weighted by molar-refractivity contribution is 0.0990. The molecule has 0 aliphatic carbocycles. The van der Waals surface area contributed by atoms with Gasteiger partial charge in [-0.25, -0.2) is 4.39 Å². The van der Waals surface area contributed by atoms with Crippen LogP contribution in [0.1, 0.15) is 20.7 Å². The quantitative estimate of drug-likeness (QED) is 0.795. The van der Waals surface area contributed by atoms with Gasteiger partial charge in [0.05, 0.1) is 16.3 Å². The SMILES string of the molecule is CN(C(=O)c1ccccc1)c1c(Cl)ccc(C(=O)Cl)c1F. The van der Waals surface area contributed by atoms with Gasteiger partial charge in [0.2, 0.25) is 0 Å². The average Bonchev–Trinajstić information content (AvgIpc) is 2.46. The van der Waals surface area contributed by atoms with E-state index in [2.05, 4.69) is 0 Å². The second-order valence-corrected chi connectivity index (χ2v) is 5.01. The molecule has 0 N–H and O–H groups in total. The first-order chi connectivity index (χ1) is 9.93. The molecule has 0 aliphatic rings. The fraction of sp³-hybridized carbons (Fsp3) is 0.0667. The molecule has 1 amide bonds. The maximum absolute atomic E-state index is 14.3. The van der Waals surface area contributed by atoms with E-state index in [1.165, 1.54) is 19.2 Å². The molecule has 0 fully saturated rings. The van der Waals surface area contributed by atoms with E-state index in [4.69, 9.17) is 23.2 Å². The first-order valence-corrected chi connectivity index (χ1v) is 6.70. The second kappa shape index (κ2) is 6.24. The number of hydrogen-bond donors (Lipinski definition) is 0. The molecule has 3 nitrogen and oxygen atoms in total. The molecule has 0 saturated heterocycles. The Labute approximate surface area is 130 Å². The molecule has 2 aromatic rings. The van der Waals surface area contributed by atoms with E-state index < -0.39 is 17.0 Å². The van der Waals surface area contributed by atoms with E-state index in [-0.39, 0.29) is 16.3 Å². The van der Waals surface area contributed by atoms with Crippen molar-refractivity contribution < 1.29 is 14.0 Å². The molecule has 0 unspecified atom stereocenters. The Morgan fingerprint density at radius 3 is 2.29 bits per heavy atom. The van der Waals surface area contributed by atoms with Gasteiger partial charge < -0.3 is 4.90 Å². The van der Waals surface area contributed by atoms with Crippen molar-refractivity contribution in [2.75, 3.05) is 11.9 Å². The van der Waals surface area contributed by atoms with Gasteiger partial charge in [0.25, 0.3) is 11.1 Å². The number of rotatable bonds is 3. The predicted octanol–water partition coefficient (Wildman–Crippen LogP) is 4.13. The molecular formula is C15H10Cl2FNO2. The summed E-state index contributed by atoms with van der Waals surface area (Å²) in [5, 5.41) is -0.938. The van der Waals surface area contributed by atoms with Crippen LogP contribution in [-0.4, -0.2) is 18.2 Å². The van der Waals surface area contributed by atoms with Gasteiger partial charge in [-0.2, -0.15) is 0 Å². The Hall–Kier alpha value is -1.91. The molecule has 6 heteroatoms. The Morgan fingerprint density at radius 1 is 1.10 bits per heavy atom. The van der Waals surface area contributed by atoms with Crippen LogP contribution in [0, 0.1) is 5.82 Å². The topological polar surface area (TPSA) is 37.4 Å². The molecule has 21 heavy (non-hydrogen) atoms. The zero-order chi connectivity index (χ0) is 15.6. The van der Waals surface area contributed by atoms with Gasteiger partial charge in [0.15, 0.2) is 5.82 Å². The molecule has 0 heterocycles. The third-order valence-electron chi connectivity index (χ3n) is 2.94. The molecular weight excluding hydrogens is 316 g/mol. The second-order valence-electron chi connectivity index (χ2n) is 4.26. The summed E-state index contributed by atoms with van der Waals surface area (Å²) < 4.78 is 14.3. The van der Waals surface area contributed by atoms with Crippen molar-refractivity contribution in [3.8, 4) is 0 Å². The number of halogens is 3. The molecule has 2 aromatic carbocycles. The van der Waals surface area contributed by atoms with Gasteiger partial charge in [0, 0.05) is 12.6 Å². The lowest BCUT2D eigenvalue weighted by atomic mass is 10.1. The van der Waals surface area contributed by atoms with Crippen LogP contribution in [0.2, 0.25) is 5.02 Å². The summed E-state index contributed by atoms with van der Waals surface area (Å²) in [7, 11) is 1.38.